The third-order valence-corrected chi connectivity index (χ3v) is 4.55. The van der Waals surface area contributed by atoms with Crippen LogP contribution in [0.3, 0.4) is 0 Å². The van der Waals surface area contributed by atoms with Gasteiger partial charge in [0.15, 0.2) is 0 Å². The van der Waals surface area contributed by atoms with Crippen LogP contribution in [-0.2, 0) is 22.7 Å². The number of aromatic nitrogens is 1. The molecule has 1 aliphatic heterocycles. The van der Waals surface area contributed by atoms with Gasteiger partial charge in [0, 0.05) is 30.9 Å². The van der Waals surface area contributed by atoms with Crippen LogP contribution in [0.25, 0.3) is 0 Å². The Morgan fingerprint density at radius 3 is 2.72 bits per heavy atom. The van der Waals surface area contributed by atoms with Gasteiger partial charge in [0.05, 0.1) is 6.61 Å². The van der Waals surface area contributed by atoms with E-state index in [1.165, 1.54) is 12.8 Å². The molecule has 5 nitrogen and oxygen atoms in total. The SMILES string of the molecule is O=C(COCc1ccccc1Cl)NCc1ccc(N2CCCC2)nc1. The summed E-state index contributed by atoms with van der Waals surface area (Å²) in [7, 11) is 0. The lowest BCUT2D eigenvalue weighted by atomic mass is 10.2. The van der Waals surface area contributed by atoms with E-state index in [4.69, 9.17) is 16.3 Å². The zero-order chi connectivity index (χ0) is 17.5. The first-order valence-electron chi connectivity index (χ1n) is 8.50. The summed E-state index contributed by atoms with van der Waals surface area (Å²) in [5.41, 5.74) is 1.85. The van der Waals surface area contributed by atoms with Crippen LogP contribution in [0, 0.1) is 0 Å². The van der Waals surface area contributed by atoms with Gasteiger partial charge in [-0.3, -0.25) is 4.79 Å². The molecule has 1 fully saturated rings. The Balaban J connectivity index is 1.39. The van der Waals surface area contributed by atoms with Crippen molar-refractivity contribution in [3.63, 3.8) is 0 Å². The third-order valence-electron chi connectivity index (χ3n) is 4.18. The maximum Gasteiger partial charge on any atom is 0.246 e. The highest BCUT2D eigenvalue weighted by atomic mass is 35.5. The molecular formula is C19H22ClN3O2. The number of anilines is 1. The van der Waals surface area contributed by atoms with Gasteiger partial charge >= 0.3 is 0 Å². The number of carbonyl (C=O) groups is 1. The minimum absolute atomic E-state index is 0.00448. The lowest BCUT2D eigenvalue weighted by molar-refractivity contribution is -0.126. The Morgan fingerprint density at radius 2 is 2.00 bits per heavy atom. The second-order valence-electron chi connectivity index (χ2n) is 6.08. The molecule has 1 amide bonds. The molecule has 1 aromatic carbocycles. The molecule has 25 heavy (non-hydrogen) atoms. The molecular weight excluding hydrogens is 338 g/mol. The largest absolute Gasteiger partial charge is 0.367 e. The number of halogens is 1. The predicted octanol–water partition coefficient (Wildman–Crippen LogP) is 3.17. The number of ether oxygens (including phenoxy) is 1. The van der Waals surface area contributed by atoms with Crippen LogP contribution in [0.5, 0.6) is 0 Å². The summed E-state index contributed by atoms with van der Waals surface area (Å²) in [6.45, 7) is 2.92. The zero-order valence-corrected chi connectivity index (χ0v) is 14.8. The fourth-order valence-electron chi connectivity index (χ4n) is 2.78. The minimum Gasteiger partial charge on any atom is -0.367 e. The topological polar surface area (TPSA) is 54.5 Å². The molecule has 0 radical (unpaired) electrons. The fraction of sp³-hybridized carbons (Fsp3) is 0.368. The summed E-state index contributed by atoms with van der Waals surface area (Å²) in [6.07, 6.45) is 4.28. The van der Waals surface area contributed by atoms with E-state index < -0.39 is 0 Å². The molecule has 3 rings (SSSR count). The monoisotopic (exact) mass is 359 g/mol. The van der Waals surface area contributed by atoms with Gasteiger partial charge in [-0.15, -0.1) is 0 Å². The average Bonchev–Trinajstić information content (AvgIpc) is 3.17. The number of pyridine rings is 1. The molecule has 2 aromatic rings. The second kappa shape index (κ2) is 8.83. The lowest BCUT2D eigenvalue weighted by Gasteiger charge is -2.16. The molecule has 2 heterocycles. The van der Waals surface area contributed by atoms with Gasteiger partial charge in [-0.05, 0) is 36.1 Å². The van der Waals surface area contributed by atoms with E-state index in [1.807, 2.05) is 36.5 Å². The summed E-state index contributed by atoms with van der Waals surface area (Å²) >= 11 is 6.05. The van der Waals surface area contributed by atoms with Crippen molar-refractivity contribution in [3.05, 3.63) is 58.7 Å². The molecule has 0 unspecified atom stereocenters. The minimum atomic E-state index is -0.157. The van der Waals surface area contributed by atoms with E-state index in [1.54, 1.807) is 6.07 Å². The summed E-state index contributed by atoms with van der Waals surface area (Å²) in [6, 6.07) is 11.5. The molecule has 6 heteroatoms. The van der Waals surface area contributed by atoms with Crippen molar-refractivity contribution in [2.75, 3.05) is 24.6 Å². The number of hydrogen-bond donors (Lipinski definition) is 1. The van der Waals surface area contributed by atoms with Gasteiger partial charge in [0.25, 0.3) is 0 Å². The zero-order valence-electron chi connectivity index (χ0n) is 14.1. The number of carbonyl (C=O) groups excluding carboxylic acids is 1. The Kier molecular flexibility index (Phi) is 6.25. The first-order chi connectivity index (χ1) is 12.2. The van der Waals surface area contributed by atoms with Crippen molar-refractivity contribution in [2.24, 2.45) is 0 Å². The molecule has 1 aliphatic rings. The first-order valence-corrected chi connectivity index (χ1v) is 8.88. The standard InChI is InChI=1S/C19H22ClN3O2/c20-17-6-2-1-5-16(17)13-25-14-19(24)22-12-15-7-8-18(21-11-15)23-9-3-4-10-23/h1-2,5-8,11H,3-4,9-10,12-14H2,(H,22,24). The van der Waals surface area contributed by atoms with Gasteiger partial charge in [0.1, 0.15) is 12.4 Å². The predicted molar refractivity (Wildman–Crippen MR) is 98.6 cm³/mol. The molecule has 0 atom stereocenters. The highest BCUT2D eigenvalue weighted by molar-refractivity contribution is 6.31. The van der Waals surface area contributed by atoms with Crippen molar-refractivity contribution in [3.8, 4) is 0 Å². The Labute approximate surface area is 153 Å². The molecule has 132 valence electrons. The molecule has 1 N–H and O–H groups in total. The summed E-state index contributed by atoms with van der Waals surface area (Å²) < 4.78 is 5.42. The van der Waals surface area contributed by atoms with E-state index in [-0.39, 0.29) is 12.5 Å². The van der Waals surface area contributed by atoms with Crippen LogP contribution in [0.2, 0.25) is 5.02 Å². The summed E-state index contributed by atoms with van der Waals surface area (Å²) in [5, 5.41) is 3.48. The number of benzene rings is 1. The van der Waals surface area contributed by atoms with Gasteiger partial charge in [-0.25, -0.2) is 4.98 Å². The van der Waals surface area contributed by atoms with Crippen LogP contribution in [0.1, 0.15) is 24.0 Å². The van der Waals surface area contributed by atoms with Crippen molar-refractivity contribution >= 4 is 23.3 Å². The average molecular weight is 360 g/mol. The van der Waals surface area contributed by atoms with E-state index in [0.29, 0.717) is 18.2 Å². The number of rotatable bonds is 7. The molecule has 1 aromatic heterocycles. The normalized spacial score (nSPS) is 13.9. The van der Waals surface area contributed by atoms with Crippen molar-refractivity contribution in [1.29, 1.82) is 0 Å². The van der Waals surface area contributed by atoms with Crippen molar-refractivity contribution in [2.45, 2.75) is 26.0 Å². The number of amides is 1. The van der Waals surface area contributed by atoms with Crippen LogP contribution in [0.15, 0.2) is 42.6 Å². The quantitative estimate of drug-likeness (QED) is 0.825. The third kappa shape index (κ3) is 5.18. The Bertz CT molecular complexity index is 700. The fourth-order valence-corrected chi connectivity index (χ4v) is 2.97. The number of nitrogens with one attached hydrogen (secondary N) is 1. The van der Waals surface area contributed by atoms with Crippen LogP contribution in [0.4, 0.5) is 5.82 Å². The second-order valence-corrected chi connectivity index (χ2v) is 6.49. The van der Waals surface area contributed by atoms with E-state index >= 15 is 0 Å². The first kappa shape index (κ1) is 17.7. The van der Waals surface area contributed by atoms with Crippen LogP contribution in [-0.4, -0.2) is 30.6 Å². The lowest BCUT2D eigenvalue weighted by Crippen LogP contribution is -2.27. The Morgan fingerprint density at radius 1 is 1.20 bits per heavy atom. The van der Waals surface area contributed by atoms with E-state index in [2.05, 4.69) is 15.2 Å². The highest BCUT2D eigenvalue weighted by Crippen LogP contribution is 2.17. The van der Waals surface area contributed by atoms with Crippen molar-refractivity contribution < 1.29 is 9.53 Å². The van der Waals surface area contributed by atoms with Crippen LogP contribution >= 0.6 is 11.6 Å². The molecule has 0 saturated carbocycles. The van der Waals surface area contributed by atoms with E-state index in [9.17, 15) is 4.79 Å². The van der Waals surface area contributed by atoms with Crippen LogP contribution < -0.4 is 10.2 Å². The smallest absolute Gasteiger partial charge is 0.246 e. The summed E-state index contributed by atoms with van der Waals surface area (Å²) in [4.78, 5) is 18.6. The number of hydrogen-bond acceptors (Lipinski definition) is 4. The van der Waals surface area contributed by atoms with E-state index in [0.717, 1.165) is 30.0 Å². The maximum absolute atomic E-state index is 11.9. The molecule has 0 bridgehead atoms. The van der Waals surface area contributed by atoms with Gasteiger partial charge in [-0.1, -0.05) is 35.9 Å². The van der Waals surface area contributed by atoms with Gasteiger partial charge in [0.2, 0.25) is 5.91 Å². The van der Waals surface area contributed by atoms with Crippen molar-refractivity contribution in [1.82, 2.24) is 10.3 Å². The number of nitrogens with zero attached hydrogens (tertiary/aromatic N) is 2. The Hall–Kier alpha value is -2.11. The highest BCUT2D eigenvalue weighted by Gasteiger charge is 2.13. The summed E-state index contributed by atoms with van der Waals surface area (Å²) in [5.74, 6) is 0.853. The van der Waals surface area contributed by atoms with Gasteiger partial charge in [-0.2, -0.15) is 0 Å². The molecule has 0 spiro atoms. The maximum atomic E-state index is 11.9. The van der Waals surface area contributed by atoms with Gasteiger partial charge < -0.3 is 15.0 Å². The molecule has 0 aliphatic carbocycles. The molecule has 1 saturated heterocycles.